The number of carbonyl (C=O) groups is 2. The molecule has 2 amide bonds. The standard InChI is InChI=1S/C30H35Cl2N3O5S/c1-5-17-33-30(37)22(4)34(19-23-13-16-25(31)26(32)18-23)29(36)20-35(27-9-7-8-10-28(27)40-6-2)41(38,39)24-14-11-21(3)12-15-24/h7-16,18,22H,5-6,17,19-20H2,1-4H3,(H,33,37)/t22-/m0/s1. The number of amides is 2. The van der Waals surface area contributed by atoms with E-state index in [2.05, 4.69) is 5.32 Å². The molecule has 11 heteroatoms. The molecule has 0 saturated heterocycles. The van der Waals surface area contributed by atoms with Gasteiger partial charge in [-0.05, 0) is 69.2 Å². The number of halogens is 2. The van der Waals surface area contributed by atoms with Crippen molar-refractivity contribution < 1.29 is 22.7 Å². The van der Waals surface area contributed by atoms with Crippen LogP contribution in [0.2, 0.25) is 10.0 Å². The number of benzene rings is 3. The lowest BCUT2D eigenvalue weighted by atomic mass is 10.1. The summed E-state index contributed by atoms with van der Waals surface area (Å²) in [4.78, 5) is 28.4. The molecule has 0 spiro atoms. The molecule has 41 heavy (non-hydrogen) atoms. The van der Waals surface area contributed by atoms with Gasteiger partial charge >= 0.3 is 0 Å². The van der Waals surface area contributed by atoms with Gasteiger partial charge in [0, 0.05) is 13.1 Å². The van der Waals surface area contributed by atoms with Crippen LogP contribution in [0.25, 0.3) is 0 Å². The van der Waals surface area contributed by atoms with Crippen molar-refractivity contribution in [3.05, 3.63) is 87.9 Å². The lowest BCUT2D eigenvalue weighted by Crippen LogP contribution is -2.51. The highest BCUT2D eigenvalue weighted by molar-refractivity contribution is 7.92. The van der Waals surface area contributed by atoms with Crippen LogP contribution in [-0.2, 0) is 26.2 Å². The van der Waals surface area contributed by atoms with Crippen LogP contribution in [0, 0.1) is 6.92 Å². The predicted molar refractivity (Wildman–Crippen MR) is 163 cm³/mol. The zero-order valence-corrected chi connectivity index (χ0v) is 25.9. The molecule has 3 aromatic carbocycles. The summed E-state index contributed by atoms with van der Waals surface area (Å²) in [5, 5.41) is 3.47. The molecule has 0 radical (unpaired) electrons. The van der Waals surface area contributed by atoms with Gasteiger partial charge in [-0.15, -0.1) is 0 Å². The SMILES string of the molecule is CCCNC(=O)[C@H](C)N(Cc1ccc(Cl)c(Cl)c1)C(=O)CN(c1ccccc1OCC)S(=O)(=O)c1ccc(C)cc1. The summed E-state index contributed by atoms with van der Waals surface area (Å²) in [5.74, 6) is -0.636. The summed E-state index contributed by atoms with van der Waals surface area (Å²) >= 11 is 12.3. The maximum absolute atomic E-state index is 14.0. The van der Waals surface area contributed by atoms with Gasteiger partial charge < -0.3 is 15.0 Å². The summed E-state index contributed by atoms with van der Waals surface area (Å²) in [6.45, 7) is 7.33. The number of hydrogen-bond donors (Lipinski definition) is 1. The molecule has 0 aromatic heterocycles. The van der Waals surface area contributed by atoms with Crippen molar-refractivity contribution in [3.63, 3.8) is 0 Å². The Hall–Kier alpha value is -3.27. The van der Waals surface area contributed by atoms with Crippen LogP contribution in [0.1, 0.15) is 38.3 Å². The Morgan fingerprint density at radius 2 is 1.66 bits per heavy atom. The van der Waals surface area contributed by atoms with E-state index in [9.17, 15) is 18.0 Å². The van der Waals surface area contributed by atoms with Gasteiger partial charge in [-0.2, -0.15) is 0 Å². The number of para-hydroxylation sites is 2. The molecule has 8 nitrogen and oxygen atoms in total. The van der Waals surface area contributed by atoms with E-state index in [0.717, 1.165) is 16.3 Å². The van der Waals surface area contributed by atoms with E-state index in [0.29, 0.717) is 34.5 Å². The predicted octanol–water partition coefficient (Wildman–Crippen LogP) is 5.84. The molecule has 0 aliphatic rings. The minimum atomic E-state index is -4.22. The molecule has 1 atom stereocenters. The van der Waals surface area contributed by atoms with Crippen LogP contribution in [0.5, 0.6) is 5.75 Å². The number of anilines is 1. The maximum Gasteiger partial charge on any atom is 0.264 e. The molecule has 3 rings (SSSR count). The fraction of sp³-hybridized carbons (Fsp3) is 0.333. The van der Waals surface area contributed by atoms with Crippen LogP contribution in [-0.4, -0.2) is 50.9 Å². The molecule has 0 unspecified atom stereocenters. The lowest BCUT2D eigenvalue weighted by molar-refractivity contribution is -0.139. The molecule has 0 heterocycles. The number of carbonyl (C=O) groups excluding carboxylic acids is 2. The Bertz CT molecular complexity index is 1470. The van der Waals surface area contributed by atoms with Crippen molar-refractivity contribution in [1.29, 1.82) is 0 Å². The van der Waals surface area contributed by atoms with Crippen molar-refractivity contribution in [1.82, 2.24) is 10.2 Å². The number of sulfonamides is 1. The minimum Gasteiger partial charge on any atom is -0.492 e. The third-order valence-electron chi connectivity index (χ3n) is 6.38. The van der Waals surface area contributed by atoms with Crippen molar-refractivity contribution >= 4 is 50.7 Å². The van der Waals surface area contributed by atoms with E-state index < -0.39 is 28.5 Å². The van der Waals surface area contributed by atoms with Gasteiger partial charge in [0.2, 0.25) is 11.8 Å². The Morgan fingerprint density at radius 3 is 2.29 bits per heavy atom. The topological polar surface area (TPSA) is 96.0 Å². The van der Waals surface area contributed by atoms with Crippen LogP contribution in [0.15, 0.2) is 71.6 Å². The van der Waals surface area contributed by atoms with E-state index in [1.165, 1.54) is 17.0 Å². The van der Waals surface area contributed by atoms with Crippen molar-refractivity contribution in [2.75, 3.05) is 24.0 Å². The van der Waals surface area contributed by atoms with E-state index >= 15 is 0 Å². The van der Waals surface area contributed by atoms with Gasteiger partial charge in [-0.1, -0.05) is 66.0 Å². The van der Waals surface area contributed by atoms with Crippen molar-refractivity contribution in [2.45, 2.75) is 51.6 Å². The average Bonchev–Trinajstić information content (AvgIpc) is 2.95. The third kappa shape index (κ3) is 8.15. The van der Waals surface area contributed by atoms with Crippen LogP contribution in [0.4, 0.5) is 5.69 Å². The largest absolute Gasteiger partial charge is 0.492 e. The first kappa shape index (κ1) is 32.2. The molecule has 220 valence electrons. The number of ether oxygens (including phenoxy) is 1. The smallest absolute Gasteiger partial charge is 0.264 e. The van der Waals surface area contributed by atoms with Crippen LogP contribution in [0.3, 0.4) is 0 Å². The zero-order valence-electron chi connectivity index (χ0n) is 23.6. The van der Waals surface area contributed by atoms with Gasteiger partial charge in [-0.25, -0.2) is 8.42 Å². The van der Waals surface area contributed by atoms with Crippen LogP contribution >= 0.6 is 23.2 Å². The molecule has 0 aliphatic heterocycles. The Morgan fingerprint density at radius 1 is 0.976 bits per heavy atom. The minimum absolute atomic E-state index is 0.00194. The van der Waals surface area contributed by atoms with Gasteiger partial charge in [0.05, 0.1) is 27.2 Å². The van der Waals surface area contributed by atoms with Crippen LogP contribution < -0.4 is 14.4 Å². The van der Waals surface area contributed by atoms with Gasteiger partial charge in [0.1, 0.15) is 18.3 Å². The summed E-state index contributed by atoms with van der Waals surface area (Å²) in [5.41, 5.74) is 1.73. The maximum atomic E-state index is 14.0. The Kier molecular flexibility index (Phi) is 11.5. The molecule has 0 bridgehead atoms. The van der Waals surface area contributed by atoms with Gasteiger partial charge in [-0.3, -0.25) is 13.9 Å². The number of aryl methyl sites for hydroxylation is 1. The van der Waals surface area contributed by atoms with E-state index in [4.69, 9.17) is 27.9 Å². The lowest BCUT2D eigenvalue weighted by Gasteiger charge is -2.32. The van der Waals surface area contributed by atoms with E-state index in [-0.39, 0.29) is 23.0 Å². The fourth-order valence-electron chi connectivity index (χ4n) is 4.10. The van der Waals surface area contributed by atoms with E-state index in [1.807, 2.05) is 13.8 Å². The summed E-state index contributed by atoms with van der Waals surface area (Å²) < 4.78 is 34.8. The molecule has 0 aliphatic carbocycles. The van der Waals surface area contributed by atoms with E-state index in [1.54, 1.807) is 68.4 Å². The first-order valence-corrected chi connectivity index (χ1v) is 15.5. The highest BCUT2D eigenvalue weighted by Crippen LogP contribution is 2.33. The average molecular weight is 621 g/mol. The molecule has 0 fully saturated rings. The number of nitrogens with one attached hydrogen (secondary N) is 1. The second-order valence-corrected chi connectivity index (χ2v) is 12.1. The number of hydrogen-bond acceptors (Lipinski definition) is 5. The number of rotatable bonds is 13. The summed E-state index contributed by atoms with van der Waals surface area (Å²) in [7, 11) is -4.22. The summed E-state index contributed by atoms with van der Waals surface area (Å²) in [6, 6.07) is 17.0. The Balaban J connectivity index is 2.08. The Labute approximate surface area is 252 Å². The monoisotopic (exact) mass is 619 g/mol. The molecular weight excluding hydrogens is 585 g/mol. The normalized spacial score (nSPS) is 12.0. The highest BCUT2D eigenvalue weighted by Gasteiger charge is 2.33. The molecule has 3 aromatic rings. The quantitative estimate of drug-likeness (QED) is 0.259. The number of nitrogens with zero attached hydrogens (tertiary/aromatic N) is 2. The first-order chi connectivity index (χ1) is 19.5. The second kappa shape index (κ2) is 14.6. The molecule has 0 saturated carbocycles. The zero-order chi connectivity index (χ0) is 30.2. The fourth-order valence-corrected chi connectivity index (χ4v) is 5.85. The summed E-state index contributed by atoms with van der Waals surface area (Å²) in [6.07, 6.45) is 0.718. The van der Waals surface area contributed by atoms with Crippen molar-refractivity contribution in [3.8, 4) is 5.75 Å². The first-order valence-electron chi connectivity index (χ1n) is 13.3. The van der Waals surface area contributed by atoms with Gasteiger partial charge in [0.25, 0.3) is 10.0 Å². The third-order valence-corrected chi connectivity index (χ3v) is 8.89. The highest BCUT2D eigenvalue weighted by atomic mass is 35.5. The molecular formula is C30H35Cl2N3O5S. The van der Waals surface area contributed by atoms with Gasteiger partial charge in [0.15, 0.2) is 0 Å². The molecule has 1 N–H and O–H groups in total. The second-order valence-electron chi connectivity index (χ2n) is 9.46. The van der Waals surface area contributed by atoms with Crippen molar-refractivity contribution in [2.24, 2.45) is 0 Å².